The number of urea groups is 1. The number of rotatable bonds is 7. The van der Waals surface area contributed by atoms with Gasteiger partial charge >= 0.3 is 12.0 Å². The highest BCUT2D eigenvalue weighted by atomic mass is 16.4. The molecule has 0 aromatic rings. The number of aliphatic carboxylic acids is 1. The van der Waals surface area contributed by atoms with Crippen LogP contribution in [-0.4, -0.2) is 29.7 Å². The number of nitrogens with one attached hydrogen (secondary N) is 2. The summed E-state index contributed by atoms with van der Waals surface area (Å²) in [5, 5.41) is 15.0. The molecule has 1 atom stereocenters. The highest BCUT2D eigenvalue weighted by Gasteiger charge is 2.27. The fourth-order valence-corrected chi connectivity index (χ4v) is 3.17. The van der Waals surface area contributed by atoms with Gasteiger partial charge in [0.2, 0.25) is 0 Å². The first kappa shape index (κ1) is 16.1. The molecule has 5 nitrogen and oxygen atoms in total. The molecule has 2 saturated carbocycles. The van der Waals surface area contributed by atoms with Crippen LogP contribution >= 0.6 is 0 Å². The van der Waals surface area contributed by atoms with E-state index >= 15 is 0 Å². The molecule has 0 aromatic heterocycles. The SMILES string of the molecule is CCC(CC1CC1)NC(=O)NCC1CCC(C(=O)O)CC1. The molecule has 1 unspecified atom stereocenters. The van der Waals surface area contributed by atoms with E-state index in [1.807, 2.05) is 0 Å². The van der Waals surface area contributed by atoms with Crippen LogP contribution in [0.15, 0.2) is 0 Å². The minimum Gasteiger partial charge on any atom is -0.481 e. The Balaban J connectivity index is 1.61. The van der Waals surface area contributed by atoms with E-state index in [0.717, 1.165) is 44.4 Å². The molecule has 120 valence electrons. The average Bonchev–Trinajstić information content (AvgIpc) is 3.28. The van der Waals surface area contributed by atoms with Crippen LogP contribution in [0.5, 0.6) is 0 Å². The normalized spacial score (nSPS) is 26.9. The second kappa shape index (κ2) is 7.66. The van der Waals surface area contributed by atoms with Gasteiger partial charge in [-0.1, -0.05) is 19.8 Å². The van der Waals surface area contributed by atoms with E-state index in [1.165, 1.54) is 12.8 Å². The molecule has 0 aliphatic heterocycles. The number of carbonyl (C=O) groups excluding carboxylic acids is 1. The van der Waals surface area contributed by atoms with Crippen LogP contribution < -0.4 is 10.6 Å². The first-order valence-corrected chi connectivity index (χ1v) is 8.35. The van der Waals surface area contributed by atoms with Crippen LogP contribution in [0.3, 0.4) is 0 Å². The minimum atomic E-state index is -0.676. The lowest BCUT2D eigenvalue weighted by Gasteiger charge is -2.26. The van der Waals surface area contributed by atoms with Gasteiger partial charge in [0.15, 0.2) is 0 Å². The Bertz CT molecular complexity index is 361. The number of hydrogen-bond acceptors (Lipinski definition) is 2. The van der Waals surface area contributed by atoms with Crippen molar-refractivity contribution in [3.63, 3.8) is 0 Å². The number of hydrogen-bond donors (Lipinski definition) is 3. The smallest absolute Gasteiger partial charge is 0.315 e. The highest BCUT2D eigenvalue weighted by Crippen LogP contribution is 2.34. The summed E-state index contributed by atoms with van der Waals surface area (Å²) in [6.07, 6.45) is 7.98. The zero-order valence-corrected chi connectivity index (χ0v) is 12.9. The van der Waals surface area contributed by atoms with Crippen LogP contribution in [0.1, 0.15) is 58.3 Å². The highest BCUT2D eigenvalue weighted by molar-refractivity contribution is 5.74. The Morgan fingerprint density at radius 1 is 1.10 bits per heavy atom. The largest absolute Gasteiger partial charge is 0.481 e. The van der Waals surface area contributed by atoms with Crippen molar-refractivity contribution in [3.8, 4) is 0 Å². The van der Waals surface area contributed by atoms with Gasteiger partial charge in [0.05, 0.1) is 5.92 Å². The standard InChI is InChI=1S/C16H28N2O3/c1-2-14(9-11-3-4-11)18-16(21)17-10-12-5-7-13(8-6-12)15(19)20/h11-14H,2-10H2,1H3,(H,19,20)(H2,17,18,21). The van der Waals surface area contributed by atoms with E-state index in [2.05, 4.69) is 17.6 Å². The topological polar surface area (TPSA) is 78.4 Å². The first-order chi connectivity index (χ1) is 10.1. The number of carbonyl (C=O) groups is 2. The van der Waals surface area contributed by atoms with Crippen molar-refractivity contribution in [2.75, 3.05) is 6.54 Å². The maximum Gasteiger partial charge on any atom is 0.315 e. The molecule has 5 heteroatoms. The summed E-state index contributed by atoms with van der Waals surface area (Å²) in [5.41, 5.74) is 0. The maximum atomic E-state index is 11.9. The van der Waals surface area contributed by atoms with E-state index in [4.69, 9.17) is 5.11 Å². The minimum absolute atomic E-state index is 0.0668. The van der Waals surface area contributed by atoms with Gasteiger partial charge in [0.25, 0.3) is 0 Å². The molecule has 0 radical (unpaired) electrons. The molecule has 2 rings (SSSR count). The molecule has 2 fully saturated rings. The second-order valence-electron chi connectivity index (χ2n) is 6.69. The van der Waals surface area contributed by atoms with Gasteiger partial charge in [0, 0.05) is 12.6 Å². The first-order valence-electron chi connectivity index (χ1n) is 8.35. The lowest BCUT2D eigenvalue weighted by Crippen LogP contribution is -2.44. The molecular weight excluding hydrogens is 268 g/mol. The molecule has 0 aromatic carbocycles. The lowest BCUT2D eigenvalue weighted by atomic mass is 9.82. The molecule has 0 bridgehead atoms. The predicted octanol–water partition coefficient (Wildman–Crippen LogP) is 2.76. The summed E-state index contributed by atoms with van der Waals surface area (Å²) in [6.45, 7) is 2.78. The van der Waals surface area contributed by atoms with Crippen molar-refractivity contribution in [1.29, 1.82) is 0 Å². The molecule has 0 saturated heterocycles. The third-order valence-corrected chi connectivity index (χ3v) is 4.89. The van der Waals surface area contributed by atoms with Crippen molar-refractivity contribution < 1.29 is 14.7 Å². The molecule has 3 N–H and O–H groups in total. The molecule has 0 spiro atoms. The van der Waals surface area contributed by atoms with Crippen LogP contribution in [0, 0.1) is 17.8 Å². The van der Waals surface area contributed by atoms with Gasteiger partial charge in [-0.2, -0.15) is 0 Å². The molecule has 2 aliphatic carbocycles. The molecule has 21 heavy (non-hydrogen) atoms. The van der Waals surface area contributed by atoms with E-state index in [0.29, 0.717) is 18.5 Å². The Morgan fingerprint density at radius 2 is 1.71 bits per heavy atom. The fourth-order valence-electron chi connectivity index (χ4n) is 3.17. The fraction of sp³-hybridized carbons (Fsp3) is 0.875. The van der Waals surface area contributed by atoms with Crippen molar-refractivity contribution in [2.45, 2.75) is 64.3 Å². The van der Waals surface area contributed by atoms with E-state index in [9.17, 15) is 9.59 Å². The third-order valence-electron chi connectivity index (χ3n) is 4.89. The zero-order chi connectivity index (χ0) is 15.2. The Labute approximate surface area is 126 Å². The summed E-state index contributed by atoms with van der Waals surface area (Å²) in [5.74, 6) is 0.388. The van der Waals surface area contributed by atoms with Crippen molar-refractivity contribution in [2.24, 2.45) is 17.8 Å². The Morgan fingerprint density at radius 3 is 2.24 bits per heavy atom. The number of carboxylic acid groups (broad SMARTS) is 1. The van der Waals surface area contributed by atoms with Crippen molar-refractivity contribution in [1.82, 2.24) is 10.6 Å². The molecule has 2 aliphatic rings. The van der Waals surface area contributed by atoms with Crippen LogP contribution in [0.25, 0.3) is 0 Å². The van der Waals surface area contributed by atoms with E-state index in [-0.39, 0.29) is 11.9 Å². The Kier molecular flexibility index (Phi) is 5.88. The Hall–Kier alpha value is -1.26. The summed E-state index contributed by atoms with van der Waals surface area (Å²) in [7, 11) is 0. The van der Waals surface area contributed by atoms with Crippen molar-refractivity contribution >= 4 is 12.0 Å². The van der Waals surface area contributed by atoms with E-state index in [1.54, 1.807) is 0 Å². The molecular formula is C16H28N2O3. The van der Waals surface area contributed by atoms with Crippen LogP contribution in [0.2, 0.25) is 0 Å². The van der Waals surface area contributed by atoms with Gasteiger partial charge < -0.3 is 15.7 Å². The maximum absolute atomic E-state index is 11.9. The van der Waals surface area contributed by atoms with Gasteiger partial charge in [-0.3, -0.25) is 4.79 Å². The summed E-state index contributed by atoms with van der Waals surface area (Å²) < 4.78 is 0. The third kappa shape index (κ3) is 5.56. The molecule has 2 amide bonds. The van der Waals surface area contributed by atoms with Gasteiger partial charge in [0.1, 0.15) is 0 Å². The van der Waals surface area contributed by atoms with Gasteiger partial charge in [-0.05, 0) is 50.4 Å². The monoisotopic (exact) mass is 296 g/mol. The zero-order valence-electron chi connectivity index (χ0n) is 12.9. The summed E-state index contributed by atoms with van der Waals surface area (Å²) in [6, 6.07) is 0.225. The average molecular weight is 296 g/mol. The quantitative estimate of drug-likeness (QED) is 0.676. The van der Waals surface area contributed by atoms with Gasteiger partial charge in [-0.15, -0.1) is 0 Å². The number of amides is 2. The lowest BCUT2D eigenvalue weighted by molar-refractivity contribution is -0.143. The predicted molar refractivity (Wildman–Crippen MR) is 81.0 cm³/mol. The van der Waals surface area contributed by atoms with Crippen LogP contribution in [0.4, 0.5) is 4.79 Å². The summed E-state index contributed by atoms with van der Waals surface area (Å²) in [4.78, 5) is 22.8. The second-order valence-corrected chi connectivity index (χ2v) is 6.69. The van der Waals surface area contributed by atoms with Crippen LogP contribution in [-0.2, 0) is 4.79 Å². The van der Waals surface area contributed by atoms with E-state index < -0.39 is 5.97 Å². The van der Waals surface area contributed by atoms with Crippen molar-refractivity contribution in [3.05, 3.63) is 0 Å². The van der Waals surface area contributed by atoms with Gasteiger partial charge in [-0.25, -0.2) is 4.79 Å². The molecule has 0 heterocycles. The number of carboxylic acids is 1. The summed E-state index contributed by atoms with van der Waals surface area (Å²) >= 11 is 0.